The molecule has 0 radical (unpaired) electrons. The van der Waals surface area contributed by atoms with E-state index in [1.54, 1.807) is 0 Å². The molecule has 0 atom stereocenters. The van der Waals surface area contributed by atoms with Gasteiger partial charge in [-0.05, 0) is 56.7 Å². The highest BCUT2D eigenvalue weighted by Gasteiger charge is 2.14. The zero-order chi connectivity index (χ0) is 11.4. The number of ether oxygens (including phenoxy) is 1. The Morgan fingerprint density at radius 1 is 1.31 bits per heavy atom. The van der Waals surface area contributed by atoms with Crippen molar-refractivity contribution in [3.8, 4) is 5.75 Å². The summed E-state index contributed by atoms with van der Waals surface area (Å²) in [6.07, 6.45) is 5.68. The highest BCUT2D eigenvalue weighted by atomic mass is 16.5. The molecule has 1 aliphatic rings. The zero-order valence-corrected chi connectivity index (χ0v) is 10.1. The Balaban J connectivity index is 2.18. The molecule has 88 valence electrons. The molecule has 0 amide bonds. The number of rotatable bonds is 4. The van der Waals surface area contributed by atoms with Gasteiger partial charge in [0.05, 0.1) is 6.61 Å². The average molecular weight is 219 g/mol. The first-order valence-corrected chi connectivity index (χ1v) is 6.26. The molecule has 2 nitrogen and oxygen atoms in total. The van der Waals surface area contributed by atoms with Crippen LogP contribution in [-0.4, -0.2) is 13.2 Å². The van der Waals surface area contributed by atoms with Crippen LogP contribution in [0, 0.1) is 6.92 Å². The molecule has 2 rings (SSSR count). The van der Waals surface area contributed by atoms with Gasteiger partial charge in [0.25, 0.3) is 0 Å². The fraction of sp³-hybridized carbons (Fsp3) is 0.571. The second-order valence-corrected chi connectivity index (χ2v) is 4.61. The van der Waals surface area contributed by atoms with Crippen molar-refractivity contribution in [1.82, 2.24) is 0 Å². The summed E-state index contributed by atoms with van der Waals surface area (Å²) in [6.45, 7) is 3.83. The summed E-state index contributed by atoms with van der Waals surface area (Å²) in [5, 5.41) is 0. The fourth-order valence-electron chi connectivity index (χ4n) is 2.38. The van der Waals surface area contributed by atoms with Crippen molar-refractivity contribution in [2.24, 2.45) is 5.73 Å². The van der Waals surface area contributed by atoms with Crippen LogP contribution in [-0.2, 0) is 12.8 Å². The molecule has 0 spiro atoms. The smallest absolute Gasteiger partial charge is 0.125 e. The van der Waals surface area contributed by atoms with E-state index in [0.29, 0.717) is 0 Å². The molecular formula is C14H21NO. The Bertz CT molecular complexity index is 360. The fourth-order valence-corrected chi connectivity index (χ4v) is 2.38. The van der Waals surface area contributed by atoms with Crippen LogP contribution in [0.5, 0.6) is 5.75 Å². The standard InChI is InChI=1S/C14H21NO/c1-11-9-12(5-2-3-7-15)14-13(10-11)6-4-8-16-14/h9-10H,2-8,15H2,1H3. The van der Waals surface area contributed by atoms with Gasteiger partial charge >= 0.3 is 0 Å². The van der Waals surface area contributed by atoms with E-state index in [0.717, 1.165) is 44.6 Å². The van der Waals surface area contributed by atoms with Crippen molar-refractivity contribution in [2.75, 3.05) is 13.2 Å². The molecule has 2 heteroatoms. The number of nitrogens with two attached hydrogens (primary N) is 1. The zero-order valence-electron chi connectivity index (χ0n) is 10.1. The normalized spacial score (nSPS) is 14.4. The Hall–Kier alpha value is -1.02. The van der Waals surface area contributed by atoms with Gasteiger partial charge in [0.2, 0.25) is 0 Å². The lowest BCUT2D eigenvalue weighted by Gasteiger charge is -2.21. The highest BCUT2D eigenvalue weighted by molar-refractivity contribution is 5.45. The third-order valence-corrected chi connectivity index (χ3v) is 3.12. The van der Waals surface area contributed by atoms with Gasteiger partial charge in [-0.1, -0.05) is 17.7 Å². The molecular weight excluding hydrogens is 198 g/mol. The topological polar surface area (TPSA) is 35.2 Å². The predicted octanol–water partition coefficient (Wildman–Crippen LogP) is 2.60. The van der Waals surface area contributed by atoms with E-state index in [2.05, 4.69) is 19.1 Å². The van der Waals surface area contributed by atoms with Crippen molar-refractivity contribution in [3.05, 3.63) is 28.8 Å². The number of aryl methyl sites for hydroxylation is 3. The molecule has 0 unspecified atom stereocenters. The lowest BCUT2D eigenvalue weighted by Crippen LogP contribution is -2.11. The molecule has 2 N–H and O–H groups in total. The van der Waals surface area contributed by atoms with Crippen LogP contribution in [0.4, 0.5) is 0 Å². The molecule has 1 aliphatic heterocycles. The van der Waals surface area contributed by atoms with E-state index in [1.165, 1.54) is 23.1 Å². The van der Waals surface area contributed by atoms with Crippen molar-refractivity contribution in [1.29, 1.82) is 0 Å². The Morgan fingerprint density at radius 2 is 2.19 bits per heavy atom. The van der Waals surface area contributed by atoms with Gasteiger partial charge in [-0.15, -0.1) is 0 Å². The van der Waals surface area contributed by atoms with Crippen LogP contribution in [0.1, 0.15) is 36.0 Å². The Morgan fingerprint density at radius 3 is 3.00 bits per heavy atom. The summed E-state index contributed by atoms with van der Waals surface area (Å²) in [4.78, 5) is 0. The maximum absolute atomic E-state index is 5.81. The van der Waals surface area contributed by atoms with E-state index in [4.69, 9.17) is 10.5 Å². The van der Waals surface area contributed by atoms with E-state index < -0.39 is 0 Å². The first kappa shape index (κ1) is 11.5. The second kappa shape index (κ2) is 5.35. The first-order valence-electron chi connectivity index (χ1n) is 6.26. The molecule has 0 saturated heterocycles. The molecule has 16 heavy (non-hydrogen) atoms. The van der Waals surface area contributed by atoms with Gasteiger partial charge in [0.1, 0.15) is 5.75 Å². The average Bonchev–Trinajstić information content (AvgIpc) is 2.29. The third-order valence-electron chi connectivity index (χ3n) is 3.12. The van der Waals surface area contributed by atoms with Crippen LogP contribution in [0.15, 0.2) is 12.1 Å². The van der Waals surface area contributed by atoms with Gasteiger partial charge in [0.15, 0.2) is 0 Å². The van der Waals surface area contributed by atoms with Crippen LogP contribution >= 0.6 is 0 Å². The molecule has 0 bridgehead atoms. The minimum Gasteiger partial charge on any atom is -0.493 e. The number of unbranched alkanes of at least 4 members (excludes halogenated alkanes) is 1. The summed E-state index contributed by atoms with van der Waals surface area (Å²) < 4.78 is 5.81. The van der Waals surface area contributed by atoms with Gasteiger partial charge in [0, 0.05) is 0 Å². The lowest BCUT2D eigenvalue weighted by molar-refractivity contribution is 0.285. The van der Waals surface area contributed by atoms with E-state index in [1.807, 2.05) is 0 Å². The van der Waals surface area contributed by atoms with Crippen LogP contribution in [0.2, 0.25) is 0 Å². The third kappa shape index (κ3) is 2.56. The minimum absolute atomic E-state index is 0.787. The monoisotopic (exact) mass is 219 g/mol. The Kier molecular flexibility index (Phi) is 3.83. The SMILES string of the molecule is Cc1cc(CCCCN)c2c(c1)CCCO2. The summed E-state index contributed by atoms with van der Waals surface area (Å²) in [5.74, 6) is 1.16. The lowest BCUT2D eigenvalue weighted by atomic mass is 9.96. The van der Waals surface area contributed by atoms with Crippen molar-refractivity contribution in [3.63, 3.8) is 0 Å². The minimum atomic E-state index is 0.787. The molecule has 1 aromatic rings. The molecule has 0 aliphatic carbocycles. The number of hydrogen-bond acceptors (Lipinski definition) is 2. The number of benzene rings is 1. The summed E-state index contributed by atoms with van der Waals surface area (Å²) in [5.41, 5.74) is 9.66. The second-order valence-electron chi connectivity index (χ2n) is 4.61. The number of fused-ring (bicyclic) bond motifs is 1. The quantitative estimate of drug-likeness (QED) is 0.790. The highest BCUT2D eigenvalue weighted by Crippen LogP contribution is 2.31. The van der Waals surface area contributed by atoms with Gasteiger partial charge in [-0.3, -0.25) is 0 Å². The first-order chi connectivity index (χ1) is 7.81. The largest absolute Gasteiger partial charge is 0.493 e. The molecule has 0 saturated carbocycles. The summed E-state index contributed by atoms with van der Waals surface area (Å²) in [7, 11) is 0. The molecule has 1 aromatic carbocycles. The maximum Gasteiger partial charge on any atom is 0.125 e. The molecule has 0 fully saturated rings. The van der Waals surface area contributed by atoms with Crippen molar-refractivity contribution in [2.45, 2.75) is 39.0 Å². The van der Waals surface area contributed by atoms with Crippen LogP contribution < -0.4 is 10.5 Å². The van der Waals surface area contributed by atoms with Gasteiger partial charge < -0.3 is 10.5 Å². The van der Waals surface area contributed by atoms with E-state index in [9.17, 15) is 0 Å². The van der Waals surface area contributed by atoms with Crippen molar-refractivity contribution >= 4 is 0 Å². The summed E-state index contributed by atoms with van der Waals surface area (Å²) in [6, 6.07) is 4.53. The summed E-state index contributed by atoms with van der Waals surface area (Å²) >= 11 is 0. The number of hydrogen-bond donors (Lipinski definition) is 1. The predicted molar refractivity (Wildman–Crippen MR) is 67.0 cm³/mol. The van der Waals surface area contributed by atoms with E-state index in [-0.39, 0.29) is 0 Å². The Labute approximate surface area is 97.8 Å². The molecule has 0 aromatic heterocycles. The maximum atomic E-state index is 5.81. The van der Waals surface area contributed by atoms with Crippen LogP contribution in [0.25, 0.3) is 0 Å². The van der Waals surface area contributed by atoms with Crippen LogP contribution in [0.3, 0.4) is 0 Å². The van der Waals surface area contributed by atoms with E-state index >= 15 is 0 Å². The van der Waals surface area contributed by atoms with Gasteiger partial charge in [-0.2, -0.15) is 0 Å². The van der Waals surface area contributed by atoms with Gasteiger partial charge in [-0.25, -0.2) is 0 Å². The molecule has 1 heterocycles. The van der Waals surface area contributed by atoms with Crippen molar-refractivity contribution < 1.29 is 4.74 Å².